The van der Waals surface area contributed by atoms with Crippen molar-refractivity contribution in [3.05, 3.63) is 29.3 Å². The number of carbonyl (C=O) groups is 1. The fourth-order valence-corrected chi connectivity index (χ4v) is 2.34. The second-order valence-electron chi connectivity index (χ2n) is 4.95. The summed E-state index contributed by atoms with van der Waals surface area (Å²) in [6.45, 7) is 0. The van der Waals surface area contributed by atoms with E-state index in [1.807, 2.05) is 0 Å². The van der Waals surface area contributed by atoms with Gasteiger partial charge in [0.1, 0.15) is 6.07 Å². The molecule has 2 rings (SSSR count). The molecule has 1 saturated carbocycles. The molecule has 1 aromatic carbocycles. The van der Waals surface area contributed by atoms with Crippen molar-refractivity contribution in [2.45, 2.75) is 37.9 Å². The zero-order chi connectivity index (χ0) is 15.5. The van der Waals surface area contributed by atoms with Crippen LogP contribution in [0.15, 0.2) is 18.2 Å². The van der Waals surface area contributed by atoms with Gasteiger partial charge in [-0.2, -0.15) is 18.4 Å². The van der Waals surface area contributed by atoms with Crippen LogP contribution in [0.1, 0.15) is 36.8 Å². The van der Waals surface area contributed by atoms with Crippen molar-refractivity contribution >= 4 is 11.7 Å². The maximum Gasteiger partial charge on any atom is 0.416 e. The maximum atomic E-state index is 12.6. The van der Waals surface area contributed by atoms with E-state index in [1.54, 1.807) is 6.07 Å². The average Bonchev–Trinajstić information content (AvgIpc) is 2.90. The molecule has 112 valence electrons. The summed E-state index contributed by atoms with van der Waals surface area (Å²) in [5, 5.41) is 14.1. The number of amides is 2. The number of halogens is 3. The molecule has 0 aliphatic heterocycles. The molecule has 0 aromatic heterocycles. The van der Waals surface area contributed by atoms with Gasteiger partial charge in [0.15, 0.2) is 0 Å². The minimum atomic E-state index is -4.52. The van der Waals surface area contributed by atoms with Crippen LogP contribution in [0.3, 0.4) is 0 Å². The van der Waals surface area contributed by atoms with Crippen molar-refractivity contribution < 1.29 is 18.0 Å². The number of hydrogen-bond donors (Lipinski definition) is 2. The number of urea groups is 1. The SMILES string of the molecule is N#Cc1cc(C(F)(F)F)ccc1NC(=O)NC1CCCC1. The highest BCUT2D eigenvalue weighted by Gasteiger charge is 2.31. The summed E-state index contributed by atoms with van der Waals surface area (Å²) in [4.78, 5) is 11.8. The van der Waals surface area contributed by atoms with Gasteiger partial charge in [0, 0.05) is 6.04 Å². The number of nitrogens with zero attached hydrogens (tertiary/aromatic N) is 1. The van der Waals surface area contributed by atoms with Crippen molar-refractivity contribution in [2.24, 2.45) is 0 Å². The van der Waals surface area contributed by atoms with Gasteiger partial charge in [-0.15, -0.1) is 0 Å². The molecule has 1 aliphatic carbocycles. The predicted octanol–water partition coefficient (Wildman–Crippen LogP) is 3.64. The van der Waals surface area contributed by atoms with E-state index >= 15 is 0 Å². The lowest BCUT2D eigenvalue weighted by molar-refractivity contribution is -0.137. The first-order valence-corrected chi connectivity index (χ1v) is 6.59. The topological polar surface area (TPSA) is 64.9 Å². The summed E-state index contributed by atoms with van der Waals surface area (Å²) >= 11 is 0. The monoisotopic (exact) mass is 297 g/mol. The number of benzene rings is 1. The molecule has 7 heteroatoms. The van der Waals surface area contributed by atoms with E-state index in [2.05, 4.69) is 10.6 Å². The van der Waals surface area contributed by atoms with Crippen LogP contribution in [0.2, 0.25) is 0 Å². The molecule has 0 radical (unpaired) electrons. The Kier molecular flexibility index (Phi) is 4.36. The van der Waals surface area contributed by atoms with Gasteiger partial charge in [0.05, 0.1) is 16.8 Å². The highest BCUT2D eigenvalue weighted by molar-refractivity contribution is 5.91. The minimum absolute atomic E-state index is 0.0704. The van der Waals surface area contributed by atoms with Crippen molar-refractivity contribution in [3.8, 4) is 6.07 Å². The van der Waals surface area contributed by atoms with Crippen LogP contribution < -0.4 is 10.6 Å². The van der Waals surface area contributed by atoms with Crippen molar-refractivity contribution in [3.63, 3.8) is 0 Å². The molecule has 1 aliphatic rings. The quantitative estimate of drug-likeness (QED) is 0.875. The molecule has 0 heterocycles. The van der Waals surface area contributed by atoms with Crippen LogP contribution in [-0.2, 0) is 6.18 Å². The van der Waals surface area contributed by atoms with Gasteiger partial charge in [-0.3, -0.25) is 0 Å². The Balaban J connectivity index is 2.09. The van der Waals surface area contributed by atoms with E-state index in [9.17, 15) is 18.0 Å². The van der Waals surface area contributed by atoms with Crippen LogP contribution in [0.25, 0.3) is 0 Å². The predicted molar refractivity (Wildman–Crippen MR) is 70.6 cm³/mol. The molecule has 2 amide bonds. The first kappa shape index (κ1) is 15.2. The molecule has 21 heavy (non-hydrogen) atoms. The number of hydrogen-bond acceptors (Lipinski definition) is 2. The van der Waals surface area contributed by atoms with E-state index in [0.29, 0.717) is 0 Å². The first-order valence-electron chi connectivity index (χ1n) is 6.59. The highest BCUT2D eigenvalue weighted by Crippen LogP contribution is 2.31. The van der Waals surface area contributed by atoms with Gasteiger partial charge >= 0.3 is 12.2 Å². The second-order valence-corrected chi connectivity index (χ2v) is 4.95. The Hall–Kier alpha value is -2.23. The van der Waals surface area contributed by atoms with Crippen LogP contribution >= 0.6 is 0 Å². The molecular weight excluding hydrogens is 283 g/mol. The Morgan fingerprint density at radius 3 is 2.52 bits per heavy atom. The summed E-state index contributed by atoms with van der Waals surface area (Å²) in [7, 11) is 0. The van der Waals surface area contributed by atoms with Crippen LogP contribution in [0, 0.1) is 11.3 Å². The summed E-state index contributed by atoms with van der Waals surface area (Å²) in [6.07, 6.45) is -0.628. The summed E-state index contributed by atoms with van der Waals surface area (Å²) < 4.78 is 37.7. The lowest BCUT2D eigenvalue weighted by Crippen LogP contribution is -2.36. The van der Waals surface area contributed by atoms with E-state index < -0.39 is 17.8 Å². The minimum Gasteiger partial charge on any atom is -0.335 e. The molecule has 0 saturated heterocycles. The molecule has 2 N–H and O–H groups in total. The number of nitrogens with one attached hydrogen (secondary N) is 2. The summed E-state index contributed by atoms with van der Waals surface area (Å²) in [5.74, 6) is 0. The number of alkyl halides is 3. The lowest BCUT2D eigenvalue weighted by atomic mass is 10.1. The van der Waals surface area contributed by atoms with Crippen molar-refractivity contribution in [2.75, 3.05) is 5.32 Å². The van der Waals surface area contributed by atoms with Crippen LogP contribution in [0.4, 0.5) is 23.7 Å². The van der Waals surface area contributed by atoms with Gasteiger partial charge in [0.25, 0.3) is 0 Å². The standard InChI is InChI=1S/C14H14F3N3O/c15-14(16,17)10-5-6-12(9(7-10)8-18)20-13(21)19-11-3-1-2-4-11/h5-7,11H,1-4H2,(H2,19,20,21). The molecule has 0 bridgehead atoms. The summed E-state index contributed by atoms with van der Waals surface area (Å²) in [6, 6.07) is 3.91. The van der Waals surface area contributed by atoms with Gasteiger partial charge in [0.2, 0.25) is 0 Å². The molecule has 1 fully saturated rings. The third-order valence-electron chi connectivity index (χ3n) is 3.41. The van der Waals surface area contributed by atoms with Crippen molar-refractivity contribution in [1.29, 1.82) is 5.26 Å². The third kappa shape index (κ3) is 3.88. The molecule has 4 nitrogen and oxygen atoms in total. The fourth-order valence-electron chi connectivity index (χ4n) is 2.34. The van der Waals surface area contributed by atoms with Crippen LogP contribution in [0.5, 0.6) is 0 Å². The highest BCUT2D eigenvalue weighted by atomic mass is 19.4. The average molecular weight is 297 g/mol. The van der Waals surface area contributed by atoms with Gasteiger partial charge < -0.3 is 10.6 Å². The zero-order valence-electron chi connectivity index (χ0n) is 11.1. The van der Waals surface area contributed by atoms with E-state index in [-0.39, 0.29) is 17.3 Å². The molecule has 0 spiro atoms. The normalized spacial score (nSPS) is 15.5. The van der Waals surface area contributed by atoms with Crippen LogP contribution in [-0.4, -0.2) is 12.1 Å². The second kappa shape index (κ2) is 6.04. The van der Waals surface area contributed by atoms with Gasteiger partial charge in [-0.25, -0.2) is 4.79 Å². The number of nitriles is 1. The number of carbonyl (C=O) groups excluding carboxylic acids is 1. The zero-order valence-corrected chi connectivity index (χ0v) is 11.1. The molecule has 0 atom stereocenters. The Morgan fingerprint density at radius 2 is 1.95 bits per heavy atom. The number of rotatable bonds is 2. The first-order chi connectivity index (χ1) is 9.90. The Morgan fingerprint density at radius 1 is 1.29 bits per heavy atom. The van der Waals surface area contributed by atoms with E-state index in [1.165, 1.54) is 0 Å². The van der Waals surface area contributed by atoms with Crippen molar-refractivity contribution in [1.82, 2.24) is 5.32 Å². The van der Waals surface area contributed by atoms with Gasteiger partial charge in [-0.05, 0) is 31.0 Å². The Bertz CT molecular complexity index is 572. The Labute approximate surface area is 119 Å². The lowest BCUT2D eigenvalue weighted by Gasteiger charge is -2.14. The van der Waals surface area contributed by atoms with E-state index in [0.717, 1.165) is 43.9 Å². The third-order valence-corrected chi connectivity index (χ3v) is 3.41. The largest absolute Gasteiger partial charge is 0.416 e. The number of anilines is 1. The van der Waals surface area contributed by atoms with E-state index in [4.69, 9.17) is 5.26 Å². The summed E-state index contributed by atoms with van der Waals surface area (Å²) in [5.41, 5.74) is -1.06. The van der Waals surface area contributed by atoms with Gasteiger partial charge in [-0.1, -0.05) is 12.8 Å². The molecular formula is C14H14F3N3O. The molecule has 0 unspecified atom stereocenters. The maximum absolute atomic E-state index is 12.6. The molecule has 1 aromatic rings. The fraction of sp³-hybridized carbons (Fsp3) is 0.429. The smallest absolute Gasteiger partial charge is 0.335 e.